The fourth-order valence-corrected chi connectivity index (χ4v) is 4.88. The van der Waals surface area contributed by atoms with Gasteiger partial charge in [-0.25, -0.2) is 0 Å². The van der Waals surface area contributed by atoms with Gasteiger partial charge < -0.3 is 9.80 Å². The minimum atomic E-state index is 0.111. The summed E-state index contributed by atoms with van der Waals surface area (Å²) in [7, 11) is 0. The molecule has 3 aliphatic heterocycles. The van der Waals surface area contributed by atoms with Crippen LogP contribution in [0, 0.1) is 0 Å². The Labute approximate surface area is 131 Å². The quantitative estimate of drug-likeness (QED) is 0.777. The van der Waals surface area contributed by atoms with Gasteiger partial charge in [-0.15, -0.1) is 11.8 Å². The van der Waals surface area contributed by atoms with Gasteiger partial charge in [0.05, 0.1) is 11.6 Å². The number of carbonyl (C=O) groups is 2. The van der Waals surface area contributed by atoms with Crippen LogP contribution in [0.4, 0.5) is 0 Å². The third kappa shape index (κ3) is 3.06. The van der Waals surface area contributed by atoms with E-state index in [1.54, 1.807) is 16.7 Å². The van der Waals surface area contributed by atoms with E-state index in [9.17, 15) is 9.59 Å². The summed E-state index contributed by atoms with van der Waals surface area (Å²) >= 11 is 1.60. The molecule has 0 saturated carbocycles. The zero-order valence-electron chi connectivity index (χ0n) is 12.8. The average Bonchev–Trinajstić information content (AvgIpc) is 3.18. The maximum atomic E-state index is 12.6. The van der Waals surface area contributed by atoms with Crippen LogP contribution in [0.25, 0.3) is 0 Å². The number of likely N-dealkylation sites (N-methyl/N-ethyl adjacent to an activating group) is 1. The molecule has 21 heavy (non-hydrogen) atoms. The first-order valence-corrected chi connectivity index (χ1v) is 9.25. The molecule has 0 radical (unpaired) electrons. The van der Waals surface area contributed by atoms with Crippen LogP contribution < -0.4 is 0 Å². The Morgan fingerprint density at radius 2 is 2.00 bits per heavy atom. The van der Waals surface area contributed by atoms with Gasteiger partial charge in [0.2, 0.25) is 11.8 Å². The Bertz CT molecular complexity index is 418. The molecule has 3 saturated heterocycles. The van der Waals surface area contributed by atoms with Gasteiger partial charge in [-0.05, 0) is 38.8 Å². The summed E-state index contributed by atoms with van der Waals surface area (Å²) in [6, 6.07) is 0.899. The summed E-state index contributed by atoms with van der Waals surface area (Å²) < 4.78 is 0. The normalized spacial score (nSPS) is 30.6. The molecule has 0 aromatic heterocycles. The molecule has 3 heterocycles. The molecule has 5 nitrogen and oxygen atoms in total. The smallest absolute Gasteiger partial charge is 0.242 e. The van der Waals surface area contributed by atoms with Crippen LogP contribution in [0.2, 0.25) is 0 Å². The first-order valence-electron chi connectivity index (χ1n) is 8.09. The summed E-state index contributed by atoms with van der Waals surface area (Å²) in [4.78, 5) is 30.6. The van der Waals surface area contributed by atoms with Gasteiger partial charge in [0, 0.05) is 18.6 Å². The summed E-state index contributed by atoms with van der Waals surface area (Å²) in [6.45, 7) is 5.60. The van der Waals surface area contributed by atoms with Crippen molar-refractivity contribution in [2.75, 3.05) is 37.8 Å². The van der Waals surface area contributed by atoms with Crippen molar-refractivity contribution in [1.82, 2.24) is 14.7 Å². The van der Waals surface area contributed by atoms with Crippen molar-refractivity contribution in [2.45, 2.75) is 44.7 Å². The van der Waals surface area contributed by atoms with Crippen LogP contribution in [0.3, 0.4) is 0 Å². The van der Waals surface area contributed by atoms with E-state index in [1.807, 2.05) is 0 Å². The van der Waals surface area contributed by atoms with Crippen LogP contribution in [-0.2, 0) is 9.59 Å². The topological polar surface area (TPSA) is 43.9 Å². The second kappa shape index (κ2) is 6.57. The minimum absolute atomic E-state index is 0.111. The summed E-state index contributed by atoms with van der Waals surface area (Å²) in [6.07, 6.45) is 4.68. The van der Waals surface area contributed by atoms with Crippen molar-refractivity contribution < 1.29 is 9.59 Å². The molecule has 0 spiro atoms. The average molecular weight is 311 g/mol. The lowest BCUT2D eigenvalue weighted by Gasteiger charge is -2.35. The summed E-state index contributed by atoms with van der Waals surface area (Å²) in [5, 5.41) is 0. The van der Waals surface area contributed by atoms with E-state index < -0.39 is 0 Å². The van der Waals surface area contributed by atoms with Gasteiger partial charge in [-0.3, -0.25) is 14.5 Å². The molecular formula is C15H25N3O2S. The third-order valence-electron chi connectivity index (χ3n) is 5.04. The molecule has 0 aromatic rings. The van der Waals surface area contributed by atoms with Gasteiger partial charge in [-0.1, -0.05) is 6.92 Å². The van der Waals surface area contributed by atoms with Gasteiger partial charge in [0.25, 0.3) is 0 Å². The zero-order chi connectivity index (χ0) is 14.8. The molecule has 2 amide bonds. The predicted molar refractivity (Wildman–Crippen MR) is 84.0 cm³/mol. The molecule has 3 rings (SSSR count). The van der Waals surface area contributed by atoms with Crippen molar-refractivity contribution in [3.63, 3.8) is 0 Å². The highest BCUT2D eigenvalue weighted by Gasteiger charge is 2.39. The first-order chi connectivity index (χ1) is 10.2. The molecule has 6 heteroatoms. The number of carbonyl (C=O) groups excluding carboxylic acids is 2. The van der Waals surface area contributed by atoms with E-state index in [-0.39, 0.29) is 18.4 Å². The monoisotopic (exact) mass is 311 g/mol. The van der Waals surface area contributed by atoms with E-state index in [2.05, 4.69) is 16.7 Å². The van der Waals surface area contributed by atoms with E-state index in [0.29, 0.717) is 23.7 Å². The van der Waals surface area contributed by atoms with E-state index in [1.165, 1.54) is 19.4 Å². The molecule has 0 aromatic carbocycles. The number of hydrogen-bond donors (Lipinski definition) is 0. The Balaban J connectivity index is 1.63. The van der Waals surface area contributed by atoms with E-state index in [0.717, 1.165) is 25.9 Å². The van der Waals surface area contributed by atoms with Gasteiger partial charge in [0.1, 0.15) is 6.54 Å². The maximum absolute atomic E-state index is 12.6. The Kier molecular flexibility index (Phi) is 4.74. The largest absolute Gasteiger partial charge is 0.337 e. The highest BCUT2D eigenvalue weighted by molar-refractivity contribution is 8.00. The van der Waals surface area contributed by atoms with Crippen LogP contribution in [0.5, 0.6) is 0 Å². The molecule has 3 fully saturated rings. The van der Waals surface area contributed by atoms with Crippen LogP contribution in [0.1, 0.15) is 32.6 Å². The first kappa shape index (κ1) is 15.2. The molecule has 0 bridgehead atoms. The highest BCUT2D eigenvalue weighted by atomic mass is 32.2. The summed E-state index contributed by atoms with van der Waals surface area (Å²) in [5.41, 5.74) is 0. The third-order valence-corrected chi connectivity index (χ3v) is 5.98. The summed E-state index contributed by atoms with van der Waals surface area (Å²) in [5.74, 6) is 1.47. The van der Waals surface area contributed by atoms with Crippen molar-refractivity contribution in [2.24, 2.45) is 0 Å². The zero-order valence-corrected chi connectivity index (χ0v) is 13.6. The number of thioether (sulfide) groups is 1. The molecule has 2 atom stereocenters. The minimum Gasteiger partial charge on any atom is -0.337 e. The fraction of sp³-hybridized carbons (Fsp3) is 0.867. The predicted octanol–water partition coefficient (Wildman–Crippen LogP) is 0.995. The lowest BCUT2D eigenvalue weighted by molar-refractivity contribution is -0.139. The second-order valence-corrected chi connectivity index (χ2v) is 7.16. The van der Waals surface area contributed by atoms with Crippen LogP contribution >= 0.6 is 11.8 Å². The highest BCUT2D eigenvalue weighted by Crippen LogP contribution is 2.30. The van der Waals surface area contributed by atoms with Crippen molar-refractivity contribution in [3.8, 4) is 0 Å². The molecule has 118 valence electrons. The van der Waals surface area contributed by atoms with Gasteiger partial charge in [-0.2, -0.15) is 0 Å². The van der Waals surface area contributed by atoms with Crippen molar-refractivity contribution >= 4 is 23.6 Å². The van der Waals surface area contributed by atoms with Crippen molar-refractivity contribution in [1.29, 1.82) is 0 Å². The second-order valence-electron chi connectivity index (χ2n) is 6.20. The lowest BCUT2D eigenvalue weighted by Crippen LogP contribution is -2.50. The van der Waals surface area contributed by atoms with E-state index >= 15 is 0 Å². The molecule has 3 aliphatic rings. The number of rotatable bonds is 4. The SMILES string of the molecule is CCN1CCC[C@@H]1[C@H]1CCCN1C(=O)CN1CSCC1=O. The number of amides is 2. The molecule has 0 N–H and O–H groups in total. The van der Waals surface area contributed by atoms with Gasteiger partial charge in [0.15, 0.2) is 0 Å². The fourth-order valence-electron chi connectivity index (χ4n) is 3.98. The number of likely N-dealkylation sites (tertiary alicyclic amines) is 2. The standard InChI is InChI=1S/C15H25N3O2S/c1-2-16-7-3-5-12(16)13-6-4-8-18(13)14(19)9-17-11-21-10-15(17)20/h12-13H,2-11H2,1H3/t12-,13-/m1/s1. The number of nitrogens with zero attached hydrogens (tertiary/aromatic N) is 3. The molecule has 0 aliphatic carbocycles. The van der Waals surface area contributed by atoms with Crippen molar-refractivity contribution in [3.05, 3.63) is 0 Å². The number of hydrogen-bond acceptors (Lipinski definition) is 4. The lowest BCUT2D eigenvalue weighted by atomic mass is 10.0. The maximum Gasteiger partial charge on any atom is 0.242 e. The van der Waals surface area contributed by atoms with E-state index in [4.69, 9.17) is 0 Å². The molecule has 0 unspecified atom stereocenters. The van der Waals surface area contributed by atoms with Gasteiger partial charge >= 0.3 is 0 Å². The van der Waals surface area contributed by atoms with Crippen LogP contribution in [0.15, 0.2) is 0 Å². The van der Waals surface area contributed by atoms with Crippen LogP contribution in [-0.4, -0.2) is 76.4 Å². The Hall–Kier alpha value is -0.750. The Morgan fingerprint density at radius 1 is 1.24 bits per heavy atom. The Morgan fingerprint density at radius 3 is 2.71 bits per heavy atom. The molecular weight excluding hydrogens is 286 g/mol.